The van der Waals surface area contributed by atoms with Gasteiger partial charge >= 0.3 is 0 Å². The van der Waals surface area contributed by atoms with Crippen molar-refractivity contribution in [3.63, 3.8) is 0 Å². The van der Waals surface area contributed by atoms with Crippen molar-refractivity contribution >= 4 is 12.2 Å². The number of hydrogen-bond donors (Lipinski definition) is 3. The molecule has 1 amide bonds. The highest BCUT2D eigenvalue weighted by molar-refractivity contribution is 5.84. The van der Waals surface area contributed by atoms with Crippen LogP contribution in [0, 0.1) is 5.92 Å². The van der Waals surface area contributed by atoms with E-state index in [1.54, 1.807) is 0 Å². The van der Waals surface area contributed by atoms with Crippen molar-refractivity contribution in [3.8, 4) is 0 Å². The highest BCUT2D eigenvalue weighted by Gasteiger charge is 2.21. The molecule has 0 rings (SSSR count). The Bertz CT molecular complexity index is 234. The van der Waals surface area contributed by atoms with Crippen LogP contribution in [0.5, 0.6) is 0 Å². The van der Waals surface area contributed by atoms with Crippen molar-refractivity contribution in [1.29, 1.82) is 0 Å². The summed E-state index contributed by atoms with van der Waals surface area (Å²) < 4.78 is 0. The molecular weight excluding hydrogens is 218 g/mol. The van der Waals surface area contributed by atoms with E-state index in [1.165, 1.54) is 0 Å². The second-order valence-electron chi connectivity index (χ2n) is 4.38. The molecule has 0 spiro atoms. The monoisotopic (exact) mass is 242 g/mol. The molecule has 0 aromatic rings. The van der Waals surface area contributed by atoms with E-state index in [0.717, 1.165) is 19.3 Å². The van der Waals surface area contributed by atoms with Crippen molar-refractivity contribution in [2.75, 3.05) is 6.54 Å². The summed E-state index contributed by atoms with van der Waals surface area (Å²) in [5.74, 6) is -0.205. The molecule has 0 saturated heterocycles. The molecule has 0 aliphatic carbocycles. The maximum atomic E-state index is 11.7. The van der Waals surface area contributed by atoms with Gasteiger partial charge in [0.2, 0.25) is 12.2 Å². The third kappa shape index (κ3) is 6.38. The first-order valence-electron chi connectivity index (χ1n) is 6.20. The van der Waals surface area contributed by atoms with Crippen molar-refractivity contribution in [2.45, 2.75) is 51.6 Å². The average Bonchev–Trinajstić information content (AvgIpc) is 2.34. The third-order valence-electron chi connectivity index (χ3n) is 2.94. The van der Waals surface area contributed by atoms with E-state index >= 15 is 0 Å². The lowest BCUT2D eigenvalue weighted by atomic mass is 9.99. The Morgan fingerprint density at radius 3 is 2.53 bits per heavy atom. The van der Waals surface area contributed by atoms with Gasteiger partial charge in [-0.25, -0.2) is 0 Å². The maximum Gasteiger partial charge on any atom is 0.237 e. The zero-order chi connectivity index (χ0) is 13.3. The summed E-state index contributed by atoms with van der Waals surface area (Å²) in [5.41, 5.74) is 11.1. The molecule has 0 aromatic heterocycles. The number of nitrogens with one attached hydrogen (secondary N) is 1. The number of rotatable bonds is 9. The zero-order valence-corrected chi connectivity index (χ0v) is 10.7. The van der Waals surface area contributed by atoms with Crippen LogP contribution in [-0.4, -0.2) is 30.8 Å². The molecule has 0 aliphatic heterocycles. The van der Waals surface area contributed by atoms with E-state index in [2.05, 4.69) is 5.32 Å². The van der Waals surface area contributed by atoms with Gasteiger partial charge in [0.05, 0.1) is 12.1 Å². The van der Waals surface area contributed by atoms with Gasteiger partial charge in [0.1, 0.15) is 0 Å². The first kappa shape index (κ1) is 16.1. The average molecular weight is 242 g/mol. The van der Waals surface area contributed by atoms with Gasteiger partial charge in [-0.1, -0.05) is 26.7 Å². The summed E-state index contributed by atoms with van der Waals surface area (Å²) >= 11 is 0. The van der Waals surface area contributed by atoms with Crippen LogP contribution >= 0.6 is 0 Å². The summed E-state index contributed by atoms with van der Waals surface area (Å²) in [6.45, 7) is 4.46. The van der Waals surface area contributed by atoms with Gasteiger partial charge in [0.15, 0.2) is 0 Å². The Balaban J connectivity index is 4.08. The van der Waals surface area contributed by atoms with E-state index in [4.69, 9.17) is 11.5 Å². The largest absolute Gasteiger partial charge is 0.344 e. The molecule has 5 N–H and O–H groups in total. The van der Waals surface area contributed by atoms with Crippen molar-refractivity contribution in [3.05, 3.63) is 0 Å². The second kappa shape index (κ2) is 9.13. The topological polar surface area (TPSA) is 98.2 Å². The van der Waals surface area contributed by atoms with Crippen LogP contribution in [0.25, 0.3) is 0 Å². The Morgan fingerprint density at radius 2 is 2.06 bits per heavy atom. The fourth-order valence-electron chi connectivity index (χ4n) is 1.42. The lowest BCUT2D eigenvalue weighted by molar-refractivity contribution is -0.123. The first-order valence-corrected chi connectivity index (χ1v) is 6.20. The molecule has 0 aliphatic rings. The predicted octanol–water partition coefficient (Wildman–Crippen LogP) is 0.0833. The smallest absolute Gasteiger partial charge is 0.237 e. The highest BCUT2D eigenvalue weighted by atomic mass is 16.2. The number of hydrogen-bond acceptors (Lipinski definition) is 4. The van der Waals surface area contributed by atoms with Crippen LogP contribution in [0.4, 0.5) is 0 Å². The normalized spacial score (nSPS) is 16.0. The molecule has 3 unspecified atom stereocenters. The van der Waals surface area contributed by atoms with Crippen molar-refractivity contribution < 1.29 is 9.59 Å². The Morgan fingerprint density at radius 1 is 1.41 bits per heavy atom. The molecule has 3 atom stereocenters. The van der Waals surface area contributed by atoms with Gasteiger partial charge < -0.3 is 16.8 Å². The van der Waals surface area contributed by atoms with Gasteiger partial charge in [-0.2, -0.15) is 0 Å². The summed E-state index contributed by atoms with van der Waals surface area (Å²) in [5, 5.41) is 2.63. The summed E-state index contributed by atoms with van der Waals surface area (Å²) in [6, 6.07) is -1.13. The highest BCUT2D eigenvalue weighted by Crippen LogP contribution is 2.06. The van der Waals surface area contributed by atoms with Crippen LogP contribution in [0.1, 0.15) is 39.5 Å². The second-order valence-corrected chi connectivity index (χ2v) is 4.38. The molecule has 0 fully saturated rings. The van der Waals surface area contributed by atoms with Crippen LogP contribution in [0.2, 0.25) is 0 Å². The van der Waals surface area contributed by atoms with Crippen LogP contribution in [0.15, 0.2) is 0 Å². The van der Waals surface area contributed by atoms with E-state index < -0.39 is 12.1 Å². The quantitative estimate of drug-likeness (QED) is 0.499. The van der Waals surface area contributed by atoms with Crippen LogP contribution < -0.4 is 16.8 Å². The molecule has 1 radical (unpaired) electrons. The number of carbonyl (C=O) groups is 1. The lowest BCUT2D eigenvalue weighted by Gasteiger charge is -2.20. The maximum absolute atomic E-state index is 11.7. The summed E-state index contributed by atoms with van der Waals surface area (Å²) in [6.07, 6.45) is 4.93. The Hall–Kier alpha value is -0.940. The third-order valence-corrected chi connectivity index (χ3v) is 2.94. The molecule has 0 saturated carbocycles. The van der Waals surface area contributed by atoms with Crippen LogP contribution in [-0.2, 0) is 9.59 Å². The minimum Gasteiger partial charge on any atom is -0.344 e. The van der Waals surface area contributed by atoms with Gasteiger partial charge in [0, 0.05) is 0 Å². The first-order chi connectivity index (χ1) is 8.06. The standard InChI is InChI=1S/C12H24N3O2/c1-3-9(2)11(8-16)15-12(17)10(14)6-4-5-7-13/h9-11H,3-7,13-14H2,1-2H3,(H,15,17). The van der Waals surface area contributed by atoms with Gasteiger partial charge in [-0.15, -0.1) is 0 Å². The Kier molecular flexibility index (Phi) is 8.62. The number of nitrogens with two attached hydrogens (primary N) is 2. The molecule has 0 heterocycles. The number of carbonyl (C=O) groups excluding carboxylic acids is 2. The van der Waals surface area contributed by atoms with Gasteiger partial charge in [-0.3, -0.25) is 9.59 Å². The number of amides is 1. The number of unbranched alkanes of at least 4 members (excludes halogenated alkanes) is 1. The van der Waals surface area contributed by atoms with Crippen LogP contribution in [0.3, 0.4) is 0 Å². The minimum absolute atomic E-state index is 0.0766. The molecule has 5 nitrogen and oxygen atoms in total. The predicted molar refractivity (Wildman–Crippen MR) is 68.0 cm³/mol. The summed E-state index contributed by atoms with van der Waals surface area (Å²) in [7, 11) is 0. The minimum atomic E-state index is -0.568. The van der Waals surface area contributed by atoms with Crippen molar-refractivity contribution in [1.82, 2.24) is 5.32 Å². The van der Waals surface area contributed by atoms with E-state index in [-0.39, 0.29) is 11.8 Å². The summed E-state index contributed by atoms with van der Waals surface area (Å²) in [4.78, 5) is 22.4. The zero-order valence-electron chi connectivity index (χ0n) is 10.7. The Labute approximate surface area is 103 Å². The van der Waals surface area contributed by atoms with Gasteiger partial charge in [0.25, 0.3) is 0 Å². The molecule has 17 heavy (non-hydrogen) atoms. The van der Waals surface area contributed by atoms with E-state index in [9.17, 15) is 9.59 Å². The fourth-order valence-corrected chi connectivity index (χ4v) is 1.42. The molecule has 0 bridgehead atoms. The van der Waals surface area contributed by atoms with Gasteiger partial charge in [-0.05, 0) is 25.3 Å². The van der Waals surface area contributed by atoms with Crippen molar-refractivity contribution in [2.24, 2.45) is 17.4 Å². The SMILES string of the molecule is CCC(C)C([C]=O)NC(=O)C(N)CCCCN. The molecule has 5 heteroatoms. The lowest BCUT2D eigenvalue weighted by Crippen LogP contribution is -2.48. The molecular formula is C12H24N3O2. The van der Waals surface area contributed by atoms with E-state index in [1.807, 2.05) is 20.1 Å². The molecule has 0 aromatic carbocycles. The molecule has 99 valence electrons. The fraction of sp³-hybridized carbons (Fsp3) is 0.833. The van der Waals surface area contributed by atoms with E-state index in [0.29, 0.717) is 13.0 Å².